The Bertz CT molecular complexity index is 922. The van der Waals surface area contributed by atoms with Gasteiger partial charge in [0.1, 0.15) is 0 Å². The number of sulfonamides is 1. The first-order chi connectivity index (χ1) is 9.95. The van der Waals surface area contributed by atoms with E-state index in [-0.39, 0.29) is 8.68 Å². The molecule has 0 bridgehead atoms. The molecular formula is C13H10ClN3O2S2. The molecule has 0 aliphatic carbocycles. The third-order valence-corrected chi connectivity index (χ3v) is 6.07. The molecule has 5 nitrogen and oxygen atoms in total. The molecule has 0 aliphatic heterocycles. The smallest absolute Gasteiger partial charge is 0.273 e. The molecule has 0 fully saturated rings. The molecule has 0 saturated carbocycles. The lowest BCUT2D eigenvalue weighted by molar-refractivity contribution is 0.602. The molecule has 0 amide bonds. The Balaban J connectivity index is 1.99. The second-order valence-corrected chi connectivity index (χ2v) is 7.82. The summed E-state index contributed by atoms with van der Waals surface area (Å²) in [6.07, 6.45) is 1.48. The van der Waals surface area contributed by atoms with Gasteiger partial charge in [0.05, 0.1) is 23.1 Å². The lowest BCUT2D eigenvalue weighted by Gasteiger charge is -2.07. The number of nitrogens with one attached hydrogen (secondary N) is 1. The van der Waals surface area contributed by atoms with Crippen LogP contribution in [0.15, 0.2) is 40.7 Å². The highest BCUT2D eigenvalue weighted by molar-refractivity contribution is 7.94. The molecule has 0 aliphatic rings. The normalized spacial score (nSPS) is 11.7. The van der Waals surface area contributed by atoms with Gasteiger partial charge in [-0.1, -0.05) is 41.1 Å². The average molecular weight is 340 g/mol. The SMILES string of the molecule is Cc1nc(Cl)sc1S(=O)(=O)Nc1cnc2ccccc2c1. The van der Waals surface area contributed by atoms with Crippen LogP contribution in [0.3, 0.4) is 0 Å². The van der Waals surface area contributed by atoms with E-state index in [4.69, 9.17) is 11.6 Å². The van der Waals surface area contributed by atoms with E-state index < -0.39 is 10.0 Å². The zero-order chi connectivity index (χ0) is 15.0. The fourth-order valence-electron chi connectivity index (χ4n) is 1.93. The number of pyridine rings is 1. The molecule has 0 saturated heterocycles. The highest BCUT2D eigenvalue weighted by atomic mass is 35.5. The number of benzene rings is 1. The van der Waals surface area contributed by atoms with Gasteiger partial charge >= 0.3 is 0 Å². The van der Waals surface area contributed by atoms with Crippen molar-refractivity contribution in [1.82, 2.24) is 9.97 Å². The summed E-state index contributed by atoms with van der Waals surface area (Å²) >= 11 is 6.68. The van der Waals surface area contributed by atoms with Gasteiger partial charge in [-0.2, -0.15) is 0 Å². The van der Waals surface area contributed by atoms with Gasteiger partial charge in [-0.15, -0.1) is 0 Å². The van der Waals surface area contributed by atoms with Crippen LogP contribution in [0.5, 0.6) is 0 Å². The van der Waals surface area contributed by atoms with Gasteiger partial charge in [0.25, 0.3) is 10.0 Å². The molecule has 2 aromatic heterocycles. The van der Waals surface area contributed by atoms with Crippen LogP contribution in [0.2, 0.25) is 4.47 Å². The second-order valence-electron chi connectivity index (χ2n) is 4.36. The van der Waals surface area contributed by atoms with Crippen LogP contribution in [-0.2, 0) is 10.0 Å². The van der Waals surface area contributed by atoms with Gasteiger partial charge < -0.3 is 0 Å². The van der Waals surface area contributed by atoms with E-state index in [0.717, 1.165) is 22.2 Å². The highest BCUT2D eigenvalue weighted by Gasteiger charge is 2.21. The molecular weight excluding hydrogens is 330 g/mol. The molecule has 2 heterocycles. The number of hydrogen-bond acceptors (Lipinski definition) is 5. The summed E-state index contributed by atoms with van der Waals surface area (Å²) in [5.74, 6) is 0. The van der Waals surface area contributed by atoms with Crippen LogP contribution in [0, 0.1) is 6.92 Å². The molecule has 0 unspecified atom stereocenters. The Morgan fingerprint density at radius 3 is 2.76 bits per heavy atom. The van der Waals surface area contributed by atoms with E-state index >= 15 is 0 Å². The maximum absolute atomic E-state index is 12.3. The first-order valence-electron chi connectivity index (χ1n) is 5.96. The van der Waals surface area contributed by atoms with E-state index in [2.05, 4.69) is 14.7 Å². The standard InChI is InChI=1S/C13H10ClN3O2S2/c1-8-12(20-13(14)16-8)21(18,19)17-10-6-9-4-2-3-5-11(9)15-7-10/h2-7,17H,1H3. The van der Waals surface area contributed by atoms with Crippen molar-refractivity contribution < 1.29 is 8.42 Å². The van der Waals surface area contributed by atoms with Gasteiger partial charge in [-0.05, 0) is 19.1 Å². The topological polar surface area (TPSA) is 72.0 Å². The van der Waals surface area contributed by atoms with Crippen LogP contribution in [0.1, 0.15) is 5.69 Å². The van der Waals surface area contributed by atoms with E-state index in [1.165, 1.54) is 6.20 Å². The Hall–Kier alpha value is -1.70. The van der Waals surface area contributed by atoms with E-state index in [0.29, 0.717) is 11.4 Å². The van der Waals surface area contributed by atoms with Crippen molar-refractivity contribution in [2.24, 2.45) is 0 Å². The van der Waals surface area contributed by atoms with Crippen molar-refractivity contribution in [3.63, 3.8) is 0 Å². The van der Waals surface area contributed by atoms with Gasteiger partial charge in [-0.25, -0.2) is 13.4 Å². The highest BCUT2D eigenvalue weighted by Crippen LogP contribution is 2.28. The van der Waals surface area contributed by atoms with Crippen molar-refractivity contribution >= 4 is 49.6 Å². The summed E-state index contributed by atoms with van der Waals surface area (Å²) in [4.78, 5) is 8.14. The number of anilines is 1. The van der Waals surface area contributed by atoms with Crippen LogP contribution in [0.25, 0.3) is 10.9 Å². The minimum Gasteiger partial charge on any atom is -0.277 e. The largest absolute Gasteiger partial charge is 0.277 e. The number of nitrogens with zero attached hydrogens (tertiary/aromatic N) is 2. The molecule has 3 aromatic rings. The lowest BCUT2D eigenvalue weighted by Crippen LogP contribution is -2.12. The van der Waals surface area contributed by atoms with Gasteiger partial charge in [0.15, 0.2) is 8.68 Å². The molecule has 0 atom stereocenters. The first-order valence-corrected chi connectivity index (χ1v) is 8.64. The van der Waals surface area contributed by atoms with Crippen LogP contribution in [-0.4, -0.2) is 18.4 Å². The number of fused-ring (bicyclic) bond motifs is 1. The summed E-state index contributed by atoms with van der Waals surface area (Å²) in [6, 6.07) is 9.21. The molecule has 8 heteroatoms. The van der Waals surface area contributed by atoms with Crippen molar-refractivity contribution in [2.75, 3.05) is 4.72 Å². The number of aryl methyl sites for hydroxylation is 1. The Kier molecular flexibility index (Phi) is 3.56. The number of hydrogen-bond donors (Lipinski definition) is 1. The number of para-hydroxylation sites is 1. The fourth-order valence-corrected chi connectivity index (χ4v) is 4.70. The third-order valence-electron chi connectivity index (χ3n) is 2.81. The van der Waals surface area contributed by atoms with E-state index in [9.17, 15) is 8.42 Å². The summed E-state index contributed by atoms with van der Waals surface area (Å²) in [6.45, 7) is 1.61. The summed E-state index contributed by atoms with van der Waals surface area (Å²) in [5, 5.41) is 0.858. The fraction of sp³-hybridized carbons (Fsp3) is 0.0769. The van der Waals surface area contributed by atoms with Crippen molar-refractivity contribution in [3.05, 3.63) is 46.7 Å². The maximum Gasteiger partial charge on any atom is 0.273 e. The maximum atomic E-state index is 12.3. The minimum atomic E-state index is -3.71. The predicted molar refractivity (Wildman–Crippen MR) is 84.4 cm³/mol. The minimum absolute atomic E-state index is 0.112. The monoisotopic (exact) mass is 339 g/mol. The number of rotatable bonds is 3. The van der Waals surface area contributed by atoms with Crippen LogP contribution >= 0.6 is 22.9 Å². The molecule has 108 valence electrons. The number of aromatic nitrogens is 2. The Labute approximate surface area is 130 Å². The van der Waals surface area contributed by atoms with E-state index in [1.54, 1.807) is 13.0 Å². The Morgan fingerprint density at radius 2 is 2.05 bits per heavy atom. The zero-order valence-corrected chi connectivity index (χ0v) is 13.3. The second kappa shape index (κ2) is 5.25. The summed E-state index contributed by atoms with van der Waals surface area (Å²) in [5.41, 5.74) is 1.58. The zero-order valence-electron chi connectivity index (χ0n) is 10.9. The average Bonchev–Trinajstić information content (AvgIpc) is 2.78. The van der Waals surface area contributed by atoms with E-state index in [1.807, 2.05) is 24.3 Å². The van der Waals surface area contributed by atoms with Crippen molar-refractivity contribution in [3.8, 4) is 0 Å². The number of halogens is 1. The molecule has 1 N–H and O–H groups in total. The molecule has 0 spiro atoms. The molecule has 1 aromatic carbocycles. The van der Waals surface area contributed by atoms with Crippen LogP contribution < -0.4 is 4.72 Å². The van der Waals surface area contributed by atoms with Gasteiger partial charge in [0, 0.05) is 5.39 Å². The first kappa shape index (κ1) is 14.2. The quantitative estimate of drug-likeness (QED) is 0.793. The predicted octanol–water partition coefficient (Wildman–Crippen LogP) is 3.45. The van der Waals surface area contributed by atoms with Gasteiger partial charge in [0.2, 0.25) is 0 Å². The lowest BCUT2D eigenvalue weighted by atomic mass is 10.2. The third kappa shape index (κ3) is 2.85. The Morgan fingerprint density at radius 1 is 1.29 bits per heavy atom. The molecule has 21 heavy (non-hydrogen) atoms. The van der Waals surface area contributed by atoms with Crippen molar-refractivity contribution in [1.29, 1.82) is 0 Å². The summed E-state index contributed by atoms with van der Waals surface area (Å²) < 4.78 is 27.5. The van der Waals surface area contributed by atoms with Gasteiger partial charge in [-0.3, -0.25) is 9.71 Å². The summed E-state index contributed by atoms with van der Waals surface area (Å²) in [7, 11) is -3.71. The number of thiazole rings is 1. The molecule has 3 rings (SSSR count). The van der Waals surface area contributed by atoms with Crippen LogP contribution in [0.4, 0.5) is 5.69 Å². The van der Waals surface area contributed by atoms with Crippen molar-refractivity contribution in [2.45, 2.75) is 11.1 Å². The molecule has 0 radical (unpaired) electrons.